The largest absolute Gasteiger partial charge is 0.378 e. The van der Waals surface area contributed by atoms with Crippen molar-refractivity contribution < 1.29 is 4.74 Å². The number of nitrogens with one attached hydrogen (secondary N) is 1. The van der Waals surface area contributed by atoms with Crippen LogP contribution in [0.3, 0.4) is 0 Å². The van der Waals surface area contributed by atoms with Crippen molar-refractivity contribution in [3.05, 3.63) is 29.8 Å². The second kappa shape index (κ2) is 11.3. The minimum Gasteiger partial charge on any atom is -0.378 e. The Hall–Kier alpha value is -0.480. The first-order chi connectivity index (χ1) is 10.9. The van der Waals surface area contributed by atoms with Crippen molar-refractivity contribution >= 4 is 30.5 Å². The fourth-order valence-corrected chi connectivity index (χ4v) is 3.19. The quantitative estimate of drug-likeness (QED) is 0.745. The molecule has 0 aromatic heterocycles. The molecule has 146 valence electrons. The monoisotopic (exact) mass is 390 g/mol. The van der Waals surface area contributed by atoms with Crippen LogP contribution >= 0.6 is 24.8 Å². The van der Waals surface area contributed by atoms with Crippen molar-refractivity contribution in [2.24, 2.45) is 11.8 Å². The minimum atomic E-state index is 0. The van der Waals surface area contributed by atoms with E-state index in [0.29, 0.717) is 30.1 Å². The van der Waals surface area contributed by atoms with Crippen LogP contribution in [0.5, 0.6) is 0 Å². The molecule has 1 fully saturated rings. The molecule has 1 N–H and O–H groups in total. The van der Waals surface area contributed by atoms with Crippen molar-refractivity contribution in [1.82, 2.24) is 5.32 Å². The lowest BCUT2D eigenvalue weighted by Gasteiger charge is -2.39. The summed E-state index contributed by atoms with van der Waals surface area (Å²) < 4.78 is 6.29. The van der Waals surface area contributed by atoms with Crippen LogP contribution in [-0.4, -0.2) is 32.3 Å². The van der Waals surface area contributed by atoms with Gasteiger partial charge in [-0.1, -0.05) is 39.8 Å². The topological polar surface area (TPSA) is 24.5 Å². The third-order valence-electron chi connectivity index (χ3n) is 4.92. The first-order valence-electron chi connectivity index (χ1n) is 9.02. The average Bonchev–Trinajstić information content (AvgIpc) is 2.52. The lowest BCUT2D eigenvalue weighted by molar-refractivity contribution is -0.0995. The fourth-order valence-electron chi connectivity index (χ4n) is 3.19. The number of hydrogen-bond acceptors (Lipinski definition) is 3. The molecule has 2 rings (SSSR count). The molecule has 0 saturated carbocycles. The van der Waals surface area contributed by atoms with Gasteiger partial charge in [0.05, 0.1) is 12.2 Å². The van der Waals surface area contributed by atoms with Gasteiger partial charge >= 0.3 is 0 Å². The Morgan fingerprint density at radius 1 is 0.960 bits per heavy atom. The summed E-state index contributed by atoms with van der Waals surface area (Å²) in [5.74, 6) is 1.17. The molecule has 1 saturated heterocycles. The second-order valence-corrected chi connectivity index (χ2v) is 7.81. The Morgan fingerprint density at radius 3 is 1.84 bits per heavy atom. The van der Waals surface area contributed by atoms with E-state index in [1.54, 1.807) is 0 Å². The van der Waals surface area contributed by atoms with Crippen molar-refractivity contribution in [2.45, 2.75) is 65.3 Å². The molecule has 3 nitrogen and oxygen atoms in total. The number of nitrogens with zero attached hydrogens (tertiary/aromatic N) is 1. The molecule has 1 aromatic rings. The molecule has 1 aliphatic heterocycles. The number of ether oxygens (including phenoxy) is 1. The van der Waals surface area contributed by atoms with Crippen LogP contribution in [0.4, 0.5) is 5.69 Å². The Balaban J connectivity index is 0.00000288. The van der Waals surface area contributed by atoms with E-state index in [0.717, 1.165) is 19.4 Å². The molecule has 0 radical (unpaired) electrons. The van der Waals surface area contributed by atoms with Gasteiger partial charge < -0.3 is 15.0 Å². The van der Waals surface area contributed by atoms with Crippen LogP contribution in [-0.2, 0) is 11.3 Å². The first kappa shape index (κ1) is 24.5. The van der Waals surface area contributed by atoms with Crippen molar-refractivity contribution in [1.29, 1.82) is 0 Å². The van der Waals surface area contributed by atoms with Gasteiger partial charge in [0, 0.05) is 32.4 Å². The molecule has 5 heteroatoms. The Bertz CT molecular complexity index is 461. The molecular formula is C20H36Cl2N2O. The maximum atomic E-state index is 6.29. The summed E-state index contributed by atoms with van der Waals surface area (Å²) in [6.45, 7) is 10.0. The summed E-state index contributed by atoms with van der Waals surface area (Å²) in [5.41, 5.74) is 2.60. The van der Waals surface area contributed by atoms with E-state index in [1.807, 2.05) is 0 Å². The highest BCUT2D eigenvalue weighted by molar-refractivity contribution is 5.85. The van der Waals surface area contributed by atoms with Crippen molar-refractivity contribution in [3.63, 3.8) is 0 Å². The van der Waals surface area contributed by atoms with Crippen molar-refractivity contribution in [2.75, 3.05) is 19.0 Å². The van der Waals surface area contributed by atoms with Crippen LogP contribution in [0.15, 0.2) is 24.3 Å². The van der Waals surface area contributed by atoms with E-state index in [-0.39, 0.29) is 24.8 Å². The number of anilines is 1. The van der Waals surface area contributed by atoms with Gasteiger partial charge in [-0.3, -0.25) is 0 Å². The summed E-state index contributed by atoms with van der Waals surface area (Å²) in [6.07, 6.45) is 3.00. The third-order valence-corrected chi connectivity index (χ3v) is 4.92. The zero-order chi connectivity index (χ0) is 17.0. The summed E-state index contributed by atoms with van der Waals surface area (Å²) >= 11 is 0. The van der Waals surface area contributed by atoms with Crippen LogP contribution in [0, 0.1) is 11.8 Å². The van der Waals surface area contributed by atoms with Crippen LogP contribution in [0.1, 0.15) is 46.1 Å². The number of hydrogen-bond donors (Lipinski definition) is 1. The number of halogens is 2. The summed E-state index contributed by atoms with van der Waals surface area (Å²) in [5, 5.41) is 3.76. The summed E-state index contributed by atoms with van der Waals surface area (Å²) in [4.78, 5) is 2.14. The Kier molecular flexibility index (Phi) is 11.1. The standard InChI is InChI=1S/C20H34N2O.2ClH/c1-14(2)19-11-17(12-20(23-19)15(3)4)21-13-16-7-9-18(10-8-16)22(5)6;;/h7-10,14-15,17,19-21H,11-13H2,1-6H3;2*1H. The second-order valence-electron chi connectivity index (χ2n) is 7.81. The lowest BCUT2D eigenvalue weighted by Crippen LogP contribution is -2.46. The van der Waals surface area contributed by atoms with Gasteiger partial charge in [0.15, 0.2) is 0 Å². The molecular weight excluding hydrogens is 355 g/mol. The Morgan fingerprint density at radius 2 is 1.44 bits per heavy atom. The van der Waals surface area contributed by atoms with Crippen LogP contribution < -0.4 is 10.2 Å². The molecule has 25 heavy (non-hydrogen) atoms. The van der Waals surface area contributed by atoms with Gasteiger partial charge in [-0.2, -0.15) is 0 Å². The predicted molar refractivity (Wildman–Crippen MR) is 113 cm³/mol. The van der Waals surface area contributed by atoms with E-state index in [1.165, 1.54) is 11.3 Å². The van der Waals surface area contributed by atoms with Gasteiger partial charge in [-0.15, -0.1) is 24.8 Å². The maximum absolute atomic E-state index is 6.29. The lowest BCUT2D eigenvalue weighted by atomic mass is 9.88. The van der Waals surface area contributed by atoms with E-state index in [4.69, 9.17) is 4.74 Å². The van der Waals surface area contributed by atoms with E-state index >= 15 is 0 Å². The molecule has 0 aliphatic carbocycles. The highest BCUT2D eigenvalue weighted by Crippen LogP contribution is 2.28. The average molecular weight is 391 g/mol. The molecule has 0 bridgehead atoms. The molecule has 0 amide bonds. The van der Waals surface area contributed by atoms with Gasteiger partial charge in [0.1, 0.15) is 0 Å². The van der Waals surface area contributed by atoms with Gasteiger partial charge in [-0.05, 0) is 42.4 Å². The normalized spacial score (nSPS) is 23.1. The number of benzene rings is 1. The van der Waals surface area contributed by atoms with Gasteiger partial charge in [0.2, 0.25) is 0 Å². The SMILES string of the molecule is CC(C)C1CC(NCc2ccc(N(C)C)cc2)CC(C(C)C)O1.Cl.Cl. The van der Waals surface area contributed by atoms with Gasteiger partial charge in [-0.25, -0.2) is 0 Å². The van der Waals surface area contributed by atoms with Gasteiger partial charge in [0.25, 0.3) is 0 Å². The van der Waals surface area contributed by atoms with E-state index in [2.05, 4.69) is 76.3 Å². The predicted octanol–water partition coefficient (Wildman–Crippen LogP) is 4.91. The summed E-state index contributed by atoms with van der Waals surface area (Å²) in [6, 6.07) is 9.38. The maximum Gasteiger partial charge on any atom is 0.0616 e. The van der Waals surface area contributed by atoms with Crippen LogP contribution in [0.2, 0.25) is 0 Å². The zero-order valence-electron chi connectivity index (χ0n) is 16.5. The molecule has 1 heterocycles. The highest BCUT2D eigenvalue weighted by Gasteiger charge is 2.32. The smallest absolute Gasteiger partial charge is 0.0616 e. The molecule has 2 atom stereocenters. The molecule has 0 spiro atoms. The zero-order valence-corrected chi connectivity index (χ0v) is 18.1. The highest BCUT2D eigenvalue weighted by atomic mass is 35.5. The van der Waals surface area contributed by atoms with E-state index in [9.17, 15) is 0 Å². The number of rotatable bonds is 6. The Labute approximate surface area is 166 Å². The van der Waals surface area contributed by atoms with Crippen LogP contribution in [0.25, 0.3) is 0 Å². The first-order valence-corrected chi connectivity index (χ1v) is 9.02. The van der Waals surface area contributed by atoms with E-state index < -0.39 is 0 Å². The molecule has 1 aliphatic rings. The molecule has 1 aromatic carbocycles. The summed E-state index contributed by atoms with van der Waals surface area (Å²) in [7, 11) is 4.15. The van der Waals surface area contributed by atoms with Crippen molar-refractivity contribution in [3.8, 4) is 0 Å². The molecule has 2 unspecified atom stereocenters. The minimum absolute atomic E-state index is 0. The third kappa shape index (κ3) is 7.34. The fraction of sp³-hybridized carbons (Fsp3) is 0.700.